The second-order valence-corrected chi connectivity index (χ2v) is 6.05. The lowest BCUT2D eigenvalue weighted by Crippen LogP contribution is -2.04. The average Bonchev–Trinajstić information content (AvgIpc) is 2.90. The van der Waals surface area contributed by atoms with Crippen molar-refractivity contribution in [1.29, 1.82) is 0 Å². The van der Waals surface area contributed by atoms with E-state index < -0.39 is 0 Å². The Labute approximate surface area is 124 Å². The molecule has 1 unspecified atom stereocenters. The third kappa shape index (κ3) is 4.40. The van der Waals surface area contributed by atoms with Crippen LogP contribution in [0.1, 0.15) is 70.8 Å². The maximum absolute atomic E-state index is 4.75. The predicted molar refractivity (Wildman–Crippen MR) is 88.0 cm³/mol. The van der Waals surface area contributed by atoms with Crippen molar-refractivity contribution in [2.24, 2.45) is 5.92 Å². The standard InChI is InChI=1S/C19H28N/c1-3-4-5-6-7-8-9-12-16(2)19-15-17-13-10-11-14-18(17)20-19/h10-11,13-16H,3-9,12H2,1-2H3. The molecule has 20 heavy (non-hydrogen) atoms. The van der Waals surface area contributed by atoms with Crippen LogP contribution in [0.5, 0.6) is 0 Å². The van der Waals surface area contributed by atoms with Gasteiger partial charge in [0.2, 0.25) is 0 Å². The zero-order chi connectivity index (χ0) is 14.2. The molecule has 2 rings (SSSR count). The molecule has 0 N–H and O–H groups in total. The highest BCUT2D eigenvalue weighted by atomic mass is 14.9. The van der Waals surface area contributed by atoms with E-state index in [9.17, 15) is 0 Å². The SMILES string of the molecule is CCCCCCCCCC(C)C1=Cc2ccccc2[N]1. The fourth-order valence-corrected chi connectivity index (χ4v) is 2.85. The lowest BCUT2D eigenvalue weighted by Gasteiger charge is -2.12. The number of rotatable bonds is 9. The maximum atomic E-state index is 4.75. The van der Waals surface area contributed by atoms with E-state index >= 15 is 0 Å². The van der Waals surface area contributed by atoms with Gasteiger partial charge in [0, 0.05) is 11.3 Å². The molecule has 0 aliphatic carbocycles. The van der Waals surface area contributed by atoms with Gasteiger partial charge in [0.25, 0.3) is 0 Å². The quantitative estimate of drug-likeness (QED) is 0.485. The van der Waals surface area contributed by atoms with Gasteiger partial charge >= 0.3 is 0 Å². The highest BCUT2D eigenvalue weighted by Crippen LogP contribution is 2.32. The molecule has 1 aromatic rings. The summed E-state index contributed by atoms with van der Waals surface area (Å²) in [5.74, 6) is 0.595. The molecule has 1 atom stereocenters. The highest BCUT2D eigenvalue weighted by molar-refractivity contribution is 5.71. The highest BCUT2D eigenvalue weighted by Gasteiger charge is 2.17. The zero-order valence-electron chi connectivity index (χ0n) is 13.1. The van der Waals surface area contributed by atoms with E-state index in [-0.39, 0.29) is 0 Å². The zero-order valence-corrected chi connectivity index (χ0v) is 13.1. The van der Waals surface area contributed by atoms with E-state index in [4.69, 9.17) is 5.32 Å². The van der Waals surface area contributed by atoms with Crippen molar-refractivity contribution in [3.63, 3.8) is 0 Å². The van der Waals surface area contributed by atoms with Crippen LogP contribution in [-0.2, 0) is 0 Å². The van der Waals surface area contributed by atoms with Gasteiger partial charge in [-0.25, -0.2) is 0 Å². The number of allylic oxidation sites excluding steroid dienone is 1. The normalized spacial score (nSPS) is 14.6. The van der Waals surface area contributed by atoms with Crippen molar-refractivity contribution < 1.29 is 0 Å². The summed E-state index contributed by atoms with van der Waals surface area (Å²) < 4.78 is 0. The lowest BCUT2D eigenvalue weighted by atomic mass is 9.98. The summed E-state index contributed by atoms with van der Waals surface area (Å²) in [5.41, 5.74) is 3.71. The Balaban J connectivity index is 1.63. The van der Waals surface area contributed by atoms with Crippen molar-refractivity contribution in [2.45, 2.75) is 65.2 Å². The Bertz CT molecular complexity index is 433. The molecule has 1 heteroatoms. The van der Waals surface area contributed by atoms with E-state index in [1.54, 1.807) is 0 Å². The first-order valence-electron chi connectivity index (χ1n) is 8.33. The summed E-state index contributed by atoms with van der Waals surface area (Å²) >= 11 is 0. The minimum atomic E-state index is 0.595. The minimum Gasteiger partial charge on any atom is -0.253 e. The molecule has 1 aromatic carbocycles. The summed E-state index contributed by atoms with van der Waals surface area (Å²) in [4.78, 5) is 0. The van der Waals surface area contributed by atoms with Gasteiger partial charge in [-0.2, -0.15) is 0 Å². The Morgan fingerprint density at radius 2 is 1.65 bits per heavy atom. The number of unbranched alkanes of at least 4 members (excludes halogenated alkanes) is 6. The molecule has 0 aromatic heterocycles. The van der Waals surface area contributed by atoms with Crippen LogP contribution in [0, 0.1) is 5.92 Å². The molecule has 109 valence electrons. The molecule has 0 saturated heterocycles. The molecule has 1 nitrogen and oxygen atoms in total. The first kappa shape index (κ1) is 15.2. The van der Waals surface area contributed by atoms with Crippen LogP contribution in [0.25, 0.3) is 6.08 Å². The first-order chi connectivity index (χ1) is 9.81. The largest absolute Gasteiger partial charge is 0.253 e. The number of hydrogen-bond acceptors (Lipinski definition) is 0. The molecule has 1 radical (unpaired) electrons. The van der Waals surface area contributed by atoms with Crippen LogP contribution in [-0.4, -0.2) is 0 Å². The fraction of sp³-hybridized carbons (Fsp3) is 0.579. The van der Waals surface area contributed by atoms with Crippen LogP contribution in [0.4, 0.5) is 5.69 Å². The second kappa shape index (κ2) is 8.14. The summed E-state index contributed by atoms with van der Waals surface area (Å²) in [6.45, 7) is 4.59. The van der Waals surface area contributed by atoms with Gasteiger partial charge in [-0.15, -0.1) is 0 Å². The van der Waals surface area contributed by atoms with Gasteiger partial charge in [0.05, 0.1) is 5.69 Å². The van der Waals surface area contributed by atoms with Gasteiger partial charge in [0.15, 0.2) is 0 Å². The number of benzene rings is 1. The molecule has 0 fully saturated rings. The van der Waals surface area contributed by atoms with Gasteiger partial charge in [-0.3, -0.25) is 5.32 Å². The van der Waals surface area contributed by atoms with Crippen LogP contribution in [0.2, 0.25) is 0 Å². The van der Waals surface area contributed by atoms with Crippen molar-refractivity contribution in [3.8, 4) is 0 Å². The van der Waals surface area contributed by atoms with E-state index in [1.807, 2.05) is 0 Å². The number of para-hydroxylation sites is 1. The monoisotopic (exact) mass is 270 g/mol. The molecule has 1 heterocycles. The summed E-state index contributed by atoms with van der Waals surface area (Å²) in [7, 11) is 0. The number of nitrogens with zero attached hydrogens (tertiary/aromatic N) is 1. The van der Waals surface area contributed by atoms with E-state index in [0.29, 0.717) is 5.92 Å². The van der Waals surface area contributed by atoms with Crippen molar-refractivity contribution >= 4 is 11.8 Å². The van der Waals surface area contributed by atoms with Gasteiger partial charge in [0.1, 0.15) is 0 Å². The van der Waals surface area contributed by atoms with Gasteiger partial charge < -0.3 is 0 Å². The Morgan fingerprint density at radius 1 is 0.950 bits per heavy atom. The second-order valence-electron chi connectivity index (χ2n) is 6.05. The van der Waals surface area contributed by atoms with E-state index in [2.05, 4.69) is 44.2 Å². The van der Waals surface area contributed by atoms with Crippen molar-refractivity contribution in [3.05, 3.63) is 35.5 Å². The van der Waals surface area contributed by atoms with Crippen LogP contribution in [0.3, 0.4) is 0 Å². The van der Waals surface area contributed by atoms with Crippen molar-refractivity contribution in [1.82, 2.24) is 5.32 Å². The lowest BCUT2D eigenvalue weighted by molar-refractivity contribution is 0.516. The van der Waals surface area contributed by atoms with E-state index in [1.165, 1.54) is 62.6 Å². The predicted octanol–water partition coefficient (Wildman–Crippen LogP) is 6.05. The molecule has 0 spiro atoms. The molecular formula is C19H28N. The average molecular weight is 270 g/mol. The molecule has 0 saturated carbocycles. The number of hydrogen-bond donors (Lipinski definition) is 0. The molecule has 0 amide bonds. The smallest absolute Gasteiger partial charge is 0.0706 e. The van der Waals surface area contributed by atoms with Crippen LogP contribution < -0.4 is 5.32 Å². The molecular weight excluding hydrogens is 242 g/mol. The van der Waals surface area contributed by atoms with Gasteiger partial charge in [-0.1, -0.05) is 77.0 Å². The first-order valence-corrected chi connectivity index (χ1v) is 8.33. The fourth-order valence-electron chi connectivity index (χ4n) is 2.85. The minimum absolute atomic E-state index is 0.595. The molecule has 1 aliphatic rings. The van der Waals surface area contributed by atoms with Crippen LogP contribution in [0.15, 0.2) is 30.0 Å². The molecule has 0 bridgehead atoms. The summed E-state index contributed by atoms with van der Waals surface area (Å²) in [6, 6.07) is 8.43. The third-order valence-corrected chi connectivity index (χ3v) is 4.24. The van der Waals surface area contributed by atoms with Crippen LogP contribution >= 0.6 is 0 Å². The number of fused-ring (bicyclic) bond motifs is 1. The Kier molecular flexibility index (Phi) is 6.17. The molecule has 1 aliphatic heterocycles. The Hall–Kier alpha value is -1.24. The van der Waals surface area contributed by atoms with E-state index in [0.717, 1.165) is 5.69 Å². The summed E-state index contributed by atoms with van der Waals surface area (Å²) in [5, 5.41) is 4.75. The summed E-state index contributed by atoms with van der Waals surface area (Å²) in [6.07, 6.45) is 13.3. The topological polar surface area (TPSA) is 14.1 Å². The third-order valence-electron chi connectivity index (χ3n) is 4.24. The van der Waals surface area contributed by atoms with Gasteiger partial charge in [-0.05, 0) is 24.5 Å². The Morgan fingerprint density at radius 3 is 2.40 bits per heavy atom. The maximum Gasteiger partial charge on any atom is 0.0706 e. The van der Waals surface area contributed by atoms with Crippen molar-refractivity contribution in [2.75, 3.05) is 0 Å².